The molecule has 0 fully saturated rings. The molecule has 2 aromatic rings. The fourth-order valence-corrected chi connectivity index (χ4v) is 3.85. The monoisotopic (exact) mass is 388 g/mol. The maximum absolute atomic E-state index is 13.3. The fourth-order valence-electron chi connectivity index (χ4n) is 3.85. The first kappa shape index (κ1) is 18.1. The van der Waals surface area contributed by atoms with Gasteiger partial charge in [0.25, 0.3) is 17.9 Å². The molecule has 1 spiro atoms. The van der Waals surface area contributed by atoms with Gasteiger partial charge in [-0.1, -0.05) is 0 Å². The third-order valence-corrected chi connectivity index (χ3v) is 5.01. The van der Waals surface area contributed by atoms with Crippen molar-refractivity contribution in [2.24, 2.45) is 0 Å². The van der Waals surface area contributed by atoms with Gasteiger partial charge in [0.15, 0.2) is 0 Å². The minimum atomic E-state index is -2.64. The Kier molecular flexibility index (Phi) is 4.13. The van der Waals surface area contributed by atoms with E-state index in [4.69, 9.17) is 5.73 Å². The zero-order chi connectivity index (χ0) is 20.1. The Bertz CT molecular complexity index is 1060. The van der Waals surface area contributed by atoms with E-state index in [1.54, 1.807) is 6.92 Å². The second-order valence-corrected chi connectivity index (χ2v) is 6.94. The van der Waals surface area contributed by atoms with Crippen LogP contribution in [0.2, 0.25) is 0 Å². The molecular weight excluding hydrogens is 370 g/mol. The number of nitrogens with one attached hydrogen (secondary N) is 2. The Labute approximate surface area is 158 Å². The second kappa shape index (κ2) is 6.39. The van der Waals surface area contributed by atoms with Crippen LogP contribution in [0.4, 0.5) is 26.1 Å². The van der Waals surface area contributed by atoms with Crippen molar-refractivity contribution >= 4 is 23.2 Å². The van der Waals surface area contributed by atoms with Gasteiger partial charge < -0.3 is 16.4 Å². The van der Waals surface area contributed by atoms with Crippen LogP contribution < -0.4 is 21.9 Å². The van der Waals surface area contributed by atoms with Crippen LogP contribution in [-0.4, -0.2) is 26.9 Å². The lowest BCUT2D eigenvalue weighted by atomic mass is 9.90. The minimum absolute atomic E-state index is 0.0779. The number of pyridine rings is 1. The van der Waals surface area contributed by atoms with Crippen LogP contribution in [0.1, 0.15) is 35.3 Å². The number of fused-ring (bicyclic) bond motifs is 2. The summed E-state index contributed by atoms with van der Waals surface area (Å²) < 4.78 is 27.9. The highest BCUT2D eigenvalue weighted by molar-refractivity contribution is 5.97. The molecular formula is C18H18F2N6O2. The summed E-state index contributed by atoms with van der Waals surface area (Å²) in [4.78, 5) is 33.6. The molecule has 10 heteroatoms. The second-order valence-electron chi connectivity index (χ2n) is 6.94. The van der Waals surface area contributed by atoms with Crippen molar-refractivity contribution in [2.45, 2.75) is 38.3 Å². The van der Waals surface area contributed by atoms with Crippen LogP contribution in [0.15, 0.2) is 34.9 Å². The number of rotatable bonds is 3. The van der Waals surface area contributed by atoms with E-state index in [9.17, 15) is 18.4 Å². The number of nitrogens with zero attached hydrogens (tertiary/aromatic N) is 3. The smallest absolute Gasteiger partial charge is 0.277 e. The zero-order valence-corrected chi connectivity index (χ0v) is 15.0. The van der Waals surface area contributed by atoms with Gasteiger partial charge in [0, 0.05) is 6.07 Å². The molecule has 0 aromatic carbocycles. The number of hydrogen-bond donors (Lipinski definition) is 3. The summed E-state index contributed by atoms with van der Waals surface area (Å²) in [7, 11) is 0. The van der Waals surface area contributed by atoms with Gasteiger partial charge in [-0.15, -0.1) is 0 Å². The molecule has 1 unspecified atom stereocenters. The zero-order valence-electron chi connectivity index (χ0n) is 15.0. The Balaban J connectivity index is 1.88. The molecule has 0 bridgehead atoms. The highest BCUT2D eigenvalue weighted by atomic mass is 19.3. The van der Waals surface area contributed by atoms with Crippen LogP contribution >= 0.6 is 0 Å². The van der Waals surface area contributed by atoms with E-state index in [2.05, 4.69) is 20.6 Å². The predicted octanol–water partition coefficient (Wildman–Crippen LogP) is 2.04. The Hall–Kier alpha value is -3.30. The van der Waals surface area contributed by atoms with Crippen molar-refractivity contribution in [1.82, 2.24) is 19.9 Å². The standard InChI is InChI=1S/C18H18F2N6O2/c1-9-5-11(24-13-6-12(21)22-8-23-13)17(28)26-14(9)16(27)25-18(26)4-2-3-10(7-18)15(19)20/h5-8,15H,2-4H2,1H3,(H,25,27)(H3,21,22,23,24). The third kappa shape index (κ3) is 2.81. The van der Waals surface area contributed by atoms with Crippen LogP contribution in [0.5, 0.6) is 0 Å². The first-order valence-electron chi connectivity index (χ1n) is 8.75. The first-order valence-corrected chi connectivity index (χ1v) is 8.75. The van der Waals surface area contributed by atoms with E-state index in [1.807, 2.05) is 0 Å². The van der Waals surface area contributed by atoms with Gasteiger partial charge in [-0.3, -0.25) is 14.2 Å². The summed E-state index contributed by atoms with van der Waals surface area (Å²) in [6.45, 7) is 1.68. The number of nitrogen functional groups attached to an aromatic ring is 1. The van der Waals surface area contributed by atoms with E-state index in [1.165, 1.54) is 29.1 Å². The average Bonchev–Trinajstić information content (AvgIpc) is 2.91. The number of allylic oxidation sites excluding steroid dienone is 1. The molecule has 4 N–H and O–H groups in total. The summed E-state index contributed by atoms with van der Waals surface area (Å²) in [6, 6.07) is 2.99. The van der Waals surface area contributed by atoms with E-state index < -0.39 is 23.6 Å². The molecule has 1 aliphatic heterocycles. The molecule has 28 heavy (non-hydrogen) atoms. The summed E-state index contributed by atoms with van der Waals surface area (Å²) in [5, 5.41) is 5.62. The Morgan fingerprint density at radius 2 is 2.11 bits per heavy atom. The topological polar surface area (TPSA) is 115 Å². The average molecular weight is 388 g/mol. The molecule has 4 rings (SSSR count). The van der Waals surface area contributed by atoms with Gasteiger partial charge in [0.1, 0.15) is 35.0 Å². The van der Waals surface area contributed by atoms with Crippen molar-refractivity contribution < 1.29 is 13.6 Å². The molecule has 8 nitrogen and oxygen atoms in total. The van der Waals surface area contributed by atoms with Gasteiger partial charge in [0.05, 0.1) is 0 Å². The first-order chi connectivity index (χ1) is 13.3. The van der Waals surface area contributed by atoms with Gasteiger partial charge in [-0.25, -0.2) is 18.7 Å². The molecule has 146 valence electrons. The van der Waals surface area contributed by atoms with Crippen molar-refractivity contribution in [3.63, 3.8) is 0 Å². The molecule has 1 amide bonds. The Morgan fingerprint density at radius 1 is 1.32 bits per heavy atom. The van der Waals surface area contributed by atoms with Crippen molar-refractivity contribution in [2.75, 3.05) is 11.1 Å². The number of carbonyl (C=O) groups is 1. The molecule has 2 aliphatic rings. The summed E-state index contributed by atoms with van der Waals surface area (Å²) in [5.41, 5.74) is 4.62. The minimum Gasteiger partial charge on any atom is -0.384 e. The van der Waals surface area contributed by atoms with Gasteiger partial charge in [0.2, 0.25) is 0 Å². The van der Waals surface area contributed by atoms with E-state index in [0.29, 0.717) is 24.2 Å². The SMILES string of the molecule is Cc1cc(Nc2cc(N)ncn2)c(=O)n2c1C(=O)NC21C=C(C(F)F)CCC1. The lowest BCUT2D eigenvalue weighted by Crippen LogP contribution is -2.47. The van der Waals surface area contributed by atoms with Crippen LogP contribution in [0, 0.1) is 6.92 Å². The largest absolute Gasteiger partial charge is 0.384 e. The highest BCUT2D eigenvalue weighted by Gasteiger charge is 2.45. The fraction of sp³-hybridized carbons (Fsp3) is 0.333. The van der Waals surface area contributed by atoms with E-state index in [-0.39, 0.29) is 29.2 Å². The number of carbonyl (C=O) groups excluding carboxylic acids is 1. The molecule has 0 saturated carbocycles. The molecule has 2 aromatic heterocycles. The molecule has 0 radical (unpaired) electrons. The lowest BCUT2D eigenvalue weighted by molar-refractivity contribution is 0.0926. The summed E-state index contributed by atoms with van der Waals surface area (Å²) in [5.74, 6) is 0.0723. The Morgan fingerprint density at radius 3 is 2.82 bits per heavy atom. The van der Waals surface area contributed by atoms with Crippen LogP contribution in [0.3, 0.4) is 0 Å². The molecule has 1 atom stereocenters. The maximum Gasteiger partial charge on any atom is 0.277 e. The number of aromatic nitrogens is 3. The number of hydrogen-bond acceptors (Lipinski definition) is 6. The lowest BCUT2D eigenvalue weighted by Gasteiger charge is -2.33. The van der Waals surface area contributed by atoms with Gasteiger partial charge >= 0.3 is 0 Å². The predicted molar refractivity (Wildman–Crippen MR) is 98.5 cm³/mol. The van der Waals surface area contributed by atoms with Crippen molar-refractivity contribution in [3.05, 3.63) is 51.7 Å². The number of amides is 1. The quantitative estimate of drug-likeness (QED) is 0.693. The van der Waals surface area contributed by atoms with Crippen molar-refractivity contribution in [1.29, 1.82) is 0 Å². The van der Waals surface area contributed by atoms with Gasteiger partial charge in [-0.2, -0.15) is 0 Å². The van der Waals surface area contributed by atoms with Crippen molar-refractivity contribution in [3.8, 4) is 0 Å². The molecule has 3 heterocycles. The van der Waals surface area contributed by atoms with Crippen LogP contribution in [-0.2, 0) is 5.66 Å². The summed E-state index contributed by atoms with van der Waals surface area (Å²) >= 11 is 0. The molecule has 1 aliphatic carbocycles. The van der Waals surface area contributed by atoms with Gasteiger partial charge in [-0.05, 0) is 49.5 Å². The molecule has 0 saturated heterocycles. The van der Waals surface area contributed by atoms with E-state index in [0.717, 1.165) is 0 Å². The number of halogens is 2. The number of aryl methyl sites for hydroxylation is 1. The highest BCUT2D eigenvalue weighted by Crippen LogP contribution is 2.37. The number of anilines is 3. The van der Waals surface area contributed by atoms with Crippen LogP contribution in [0.25, 0.3) is 0 Å². The number of nitrogens with two attached hydrogens (primary N) is 1. The number of alkyl halides is 2. The van der Waals surface area contributed by atoms with E-state index >= 15 is 0 Å². The maximum atomic E-state index is 13.3. The normalized spacial score (nSPS) is 20.9. The third-order valence-electron chi connectivity index (χ3n) is 5.01. The summed E-state index contributed by atoms with van der Waals surface area (Å²) in [6.07, 6.45) is 0.952.